The van der Waals surface area contributed by atoms with Crippen molar-refractivity contribution in [3.05, 3.63) is 57.8 Å². The third kappa shape index (κ3) is 9.03. The molecule has 5 nitrogen and oxygen atoms in total. The van der Waals surface area contributed by atoms with E-state index in [2.05, 4.69) is 20.9 Å². The minimum atomic E-state index is -4.34. The van der Waals surface area contributed by atoms with Gasteiger partial charge in [0.25, 0.3) is 5.91 Å². The highest BCUT2D eigenvalue weighted by molar-refractivity contribution is 14.0. The van der Waals surface area contributed by atoms with Crippen LogP contribution in [-0.4, -0.2) is 31.5 Å². The first-order valence-electron chi connectivity index (χ1n) is 8.90. The topological polar surface area (TPSA) is 65.5 Å². The zero-order chi connectivity index (χ0) is 20.4. The summed E-state index contributed by atoms with van der Waals surface area (Å²) in [4.78, 5) is 16.9. The zero-order valence-corrected chi connectivity index (χ0v) is 19.0. The summed E-state index contributed by atoms with van der Waals surface area (Å²) in [5.41, 5.74) is 0.0169. The number of carbonyl (C=O) groups is 1. The summed E-state index contributed by atoms with van der Waals surface area (Å²) in [6.45, 7) is 3.98. The third-order valence-electron chi connectivity index (χ3n) is 3.72. The largest absolute Gasteiger partial charge is 0.416 e. The van der Waals surface area contributed by atoms with E-state index in [-0.39, 0.29) is 36.4 Å². The minimum Gasteiger partial charge on any atom is -0.357 e. The zero-order valence-electron chi connectivity index (χ0n) is 15.9. The summed E-state index contributed by atoms with van der Waals surface area (Å²) in [5, 5.41) is 10.9. The van der Waals surface area contributed by atoms with Gasteiger partial charge in [-0.1, -0.05) is 18.2 Å². The molecule has 2 rings (SSSR count). The van der Waals surface area contributed by atoms with Gasteiger partial charge in [0, 0.05) is 19.6 Å². The molecule has 0 unspecified atom stereocenters. The van der Waals surface area contributed by atoms with Crippen LogP contribution in [0.25, 0.3) is 0 Å². The molecule has 3 N–H and O–H groups in total. The van der Waals surface area contributed by atoms with Crippen LogP contribution in [0.2, 0.25) is 0 Å². The van der Waals surface area contributed by atoms with Gasteiger partial charge >= 0.3 is 6.18 Å². The highest BCUT2D eigenvalue weighted by Crippen LogP contribution is 2.29. The highest BCUT2D eigenvalue weighted by atomic mass is 127. The van der Waals surface area contributed by atoms with E-state index in [0.29, 0.717) is 42.5 Å². The summed E-state index contributed by atoms with van der Waals surface area (Å²) in [5.74, 6) is 0.491. The maximum atomic E-state index is 12.6. The molecule has 0 aliphatic heterocycles. The van der Waals surface area contributed by atoms with Gasteiger partial charge in [-0.25, -0.2) is 4.99 Å². The van der Waals surface area contributed by atoms with Crippen LogP contribution in [0.5, 0.6) is 0 Å². The summed E-state index contributed by atoms with van der Waals surface area (Å²) in [6.07, 6.45) is -3.63. The van der Waals surface area contributed by atoms with E-state index in [1.165, 1.54) is 23.5 Å². The second-order valence-corrected chi connectivity index (χ2v) is 6.85. The van der Waals surface area contributed by atoms with Crippen LogP contribution in [-0.2, 0) is 12.7 Å². The normalized spacial score (nSPS) is 11.5. The molecule has 0 bridgehead atoms. The second kappa shape index (κ2) is 12.7. The Hall–Kier alpha value is -1.82. The number of carbonyl (C=O) groups excluding carboxylic acids is 1. The second-order valence-electron chi connectivity index (χ2n) is 5.90. The maximum Gasteiger partial charge on any atom is 0.416 e. The van der Waals surface area contributed by atoms with Crippen molar-refractivity contribution in [3.8, 4) is 0 Å². The Morgan fingerprint density at radius 3 is 2.34 bits per heavy atom. The lowest BCUT2D eigenvalue weighted by Crippen LogP contribution is -2.38. The third-order valence-corrected chi connectivity index (χ3v) is 4.59. The van der Waals surface area contributed by atoms with E-state index in [1.807, 2.05) is 18.4 Å². The molecule has 0 saturated carbocycles. The molecular formula is C19H24F3IN4OS. The first-order chi connectivity index (χ1) is 13.4. The van der Waals surface area contributed by atoms with Crippen LogP contribution >= 0.6 is 35.3 Å². The molecule has 10 heteroatoms. The van der Waals surface area contributed by atoms with Gasteiger partial charge in [-0.2, -0.15) is 13.2 Å². The molecule has 0 fully saturated rings. The number of hydrogen-bond donors (Lipinski definition) is 3. The van der Waals surface area contributed by atoms with E-state index in [4.69, 9.17) is 0 Å². The Morgan fingerprint density at radius 1 is 1.07 bits per heavy atom. The Kier molecular flexibility index (Phi) is 11.0. The SMILES string of the molecule is CCNC(=NCc1ccc(C(F)(F)F)cc1)NCCCNC(=O)c1cccs1.I. The Bertz CT molecular complexity index is 765. The predicted molar refractivity (Wildman–Crippen MR) is 121 cm³/mol. The monoisotopic (exact) mass is 540 g/mol. The van der Waals surface area contributed by atoms with Gasteiger partial charge in [0.1, 0.15) is 0 Å². The molecule has 29 heavy (non-hydrogen) atoms. The van der Waals surface area contributed by atoms with Crippen molar-refractivity contribution < 1.29 is 18.0 Å². The number of nitrogens with one attached hydrogen (secondary N) is 3. The molecule has 160 valence electrons. The summed E-state index contributed by atoms with van der Waals surface area (Å²) in [6, 6.07) is 8.57. The van der Waals surface area contributed by atoms with Crippen LogP contribution in [0.3, 0.4) is 0 Å². The summed E-state index contributed by atoms with van der Waals surface area (Å²) in [7, 11) is 0. The number of nitrogens with zero attached hydrogens (tertiary/aromatic N) is 1. The lowest BCUT2D eigenvalue weighted by Gasteiger charge is -2.12. The molecule has 0 aliphatic rings. The van der Waals surface area contributed by atoms with Gasteiger partial charge in [0.15, 0.2) is 5.96 Å². The number of aliphatic imine (C=N–C) groups is 1. The Balaban J connectivity index is 0.00000420. The standard InChI is InChI=1S/C19H23F3N4OS.HI/c1-2-23-18(25-11-4-10-24-17(27)16-5-3-12-28-16)26-13-14-6-8-15(9-7-14)19(20,21)22;/h3,5-9,12H,2,4,10-11,13H2,1H3,(H,24,27)(H2,23,25,26);1H. The molecular weight excluding hydrogens is 516 g/mol. The van der Waals surface area contributed by atoms with Gasteiger partial charge in [0.2, 0.25) is 0 Å². The molecule has 1 aromatic carbocycles. The average Bonchev–Trinajstić information content (AvgIpc) is 3.20. The number of hydrogen-bond acceptors (Lipinski definition) is 3. The van der Waals surface area contributed by atoms with Gasteiger partial charge < -0.3 is 16.0 Å². The quantitative estimate of drug-likeness (QED) is 0.203. The fourth-order valence-electron chi connectivity index (χ4n) is 2.30. The lowest BCUT2D eigenvalue weighted by atomic mass is 10.1. The molecule has 1 aromatic heterocycles. The number of guanidine groups is 1. The van der Waals surface area contributed by atoms with Crippen molar-refractivity contribution in [2.24, 2.45) is 4.99 Å². The molecule has 1 amide bonds. The minimum absolute atomic E-state index is 0. The number of thiophene rings is 1. The molecule has 0 spiro atoms. The molecule has 0 radical (unpaired) electrons. The smallest absolute Gasteiger partial charge is 0.357 e. The van der Waals surface area contributed by atoms with Gasteiger partial charge in [0.05, 0.1) is 17.0 Å². The molecule has 0 saturated heterocycles. The Morgan fingerprint density at radius 2 is 1.76 bits per heavy atom. The maximum absolute atomic E-state index is 12.6. The van der Waals surface area contributed by atoms with E-state index in [9.17, 15) is 18.0 Å². The van der Waals surface area contributed by atoms with Crippen LogP contribution in [0.15, 0.2) is 46.8 Å². The fourth-order valence-corrected chi connectivity index (χ4v) is 2.94. The van der Waals surface area contributed by atoms with E-state index >= 15 is 0 Å². The van der Waals surface area contributed by atoms with Gasteiger partial charge in [-0.05, 0) is 42.5 Å². The highest BCUT2D eigenvalue weighted by Gasteiger charge is 2.29. The predicted octanol–water partition coefficient (Wildman–Crippen LogP) is 4.26. The lowest BCUT2D eigenvalue weighted by molar-refractivity contribution is -0.137. The number of amides is 1. The number of halogens is 4. The van der Waals surface area contributed by atoms with Crippen molar-refractivity contribution in [1.82, 2.24) is 16.0 Å². The van der Waals surface area contributed by atoms with Crippen molar-refractivity contribution >= 4 is 47.2 Å². The van der Waals surface area contributed by atoms with Gasteiger partial charge in [-0.15, -0.1) is 35.3 Å². The van der Waals surface area contributed by atoms with E-state index in [0.717, 1.165) is 12.1 Å². The average molecular weight is 540 g/mol. The van der Waals surface area contributed by atoms with Crippen LogP contribution in [0, 0.1) is 0 Å². The van der Waals surface area contributed by atoms with E-state index < -0.39 is 11.7 Å². The van der Waals surface area contributed by atoms with Crippen molar-refractivity contribution in [1.29, 1.82) is 0 Å². The molecule has 0 aliphatic carbocycles. The first-order valence-corrected chi connectivity index (χ1v) is 9.78. The van der Waals surface area contributed by atoms with Crippen molar-refractivity contribution in [2.75, 3.05) is 19.6 Å². The molecule has 1 heterocycles. The fraction of sp³-hybridized carbons (Fsp3) is 0.368. The summed E-state index contributed by atoms with van der Waals surface area (Å²) < 4.78 is 37.8. The van der Waals surface area contributed by atoms with E-state index in [1.54, 1.807) is 6.07 Å². The van der Waals surface area contributed by atoms with Crippen LogP contribution in [0.1, 0.15) is 34.1 Å². The van der Waals surface area contributed by atoms with Crippen LogP contribution in [0.4, 0.5) is 13.2 Å². The Labute approximate surface area is 189 Å². The number of rotatable bonds is 8. The van der Waals surface area contributed by atoms with Crippen molar-refractivity contribution in [3.63, 3.8) is 0 Å². The number of alkyl halides is 3. The van der Waals surface area contributed by atoms with Gasteiger partial charge in [-0.3, -0.25) is 4.79 Å². The summed E-state index contributed by atoms with van der Waals surface area (Å²) >= 11 is 1.39. The first kappa shape index (κ1) is 25.2. The molecule has 2 aromatic rings. The molecule has 0 atom stereocenters. The van der Waals surface area contributed by atoms with Crippen molar-refractivity contribution in [2.45, 2.75) is 26.1 Å². The van der Waals surface area contributed by atoms with Crippen LogP contribution < -0.4 is 16.0 Å². The number of benzene rings is 1.